The van der Waals surface area contributed by atoms with Gasteiger partial charge in [0.05, 0.1) is 11.9 Å². The van der Waals surface area contributed by atoms with Crippen LogP contribution in [0, 0.1) is 5.82 Å². The summed E-state index contributed by atoms with van der Waals surface area (Å²) < 4.78 is 19.3. The van der Waals surface area contributed by atoms with Crippen LogP contribution in [0.25, 0.3) is 0 Å². The molecule has 1 atom stereocenters. The van der Waals surface area contributed by atoms with E-state index < -0.39 is 17.3 Å². The van der Waals surface area contributed by atoms with E-state index in [-0.39, 0.29) is 17.4 Å². The number of amides is 2. The van der Waals surface area contributed by atoms with Gasteiger partial charge in [0, 0.05) is 30.8 Å². The second kappa shape index (κ2) is 9.99. The van der Waals surface area contributed by atoms with Crippen molar-refractivity contribution in [2.75, 3.05) is 13.1 Å². The zero-order chi connectivity index (χ0) is 24.1. The van der Waals surface area contributed by atoms with Gasteiger partial charge < -0.3 is 15.0 Å². The summed E-state index contributed by atoms with van der Waals surface area (Å²) in [6, 6.07) is 14.7. The van der Waals surface area contributed by atoms with E-state index in [4.69, 9.17) is 4.74 Å². The van der Waals surface area contributed by atoms with Crippen molar-refractivity contribution in [2.45, 2.75) is 38.1 Å². The van der Waals surface area contributed by atoms with E-state index in [1.54, 1.807) is 31.1 Å². The fourth-order valence-corrected chi connectivity index (χ4v) is 4.06. The molecule has 3 aromatic rings. The summed E-state index contributed by atoms with van der Waals surface area (Å²) in [7, 11) is 0. The summed E-state index contributed by atoms with van der Waals surface area (Å²) in [6.07, 6.45) is 4.93. The number of halogens is 1. The number of piperidine rings is 1. The fraction of sp³-hybridized carbons (Fsp3) is 0.308. The maximum atomic E-state index is 13.5. The quantitative estimate of drug-likeness (QED) is 0.590. The SMILES string of the molecule is CC(C)(NC(=O)c1cccc(F)c1)C(=O)N1CCC[C@H](c2cncc(Oc3ccccc3)n2)C1. The van der Waals surface area contributed by atoms with Crippen LogP contribution in [0.15, 0.2) is 67.0 Å². The van der Waals surface area contributed by atoms with E-state index in [0.29, 0.717) is 24.7 Å². The molecule has 2 heterocycles. The molecule has 4 rings (SSSR count). The minimum absolute atomic E-state index is 0.000700. The lowest BCUT2D eigenvalue weighted by molar-refractivity contribution is -0.138. The number of ether oxygens (including phenoxy) is 1. The Labute approximate surface area is 198 Å². The van der Waals surface area contributed by atoms with Gasteiger partial charge in [0.1, 0.15) is 17.1 Å². The van der Waals surface area contributed by atoms with Crippen molar-refractivity contribution in [1.82, 2.24) is 20.2 Å². The summed E-state index contributed by atoms with van der Waals surface area (Å²) in [5.74, 6) is -0.135. The number of benzene rings is 2. The van der Waals surface area contributed by atoms with Crippen LogP contribution in [-0.4, -0.2) is 45.3 Å². The first-order valence-corrected chi connectivity index (χ1v) is 11.2. The van der Waals surface area contributed by atoms with Gasteiger partial charge in [-0.2, -0.15) is 0 Å². The number of carbonyl (C=O) groups excluding carboxylic acids is 2. The van der Waals surface area contributed by atoms with E-state index in [0.717, 1.165) is 24.6 Å². The lowest BCUT2D eigenvalue weighted by atomic mass is 9.92. The lowest BCUT2D eigenvalue weighted by Crippen LogP contribution is -2.57. The average molecular weight is 463 g/mol. The molecule has 0 bridgehead atoms. The third-order valence-corrected chi connectivity index (χ3v) is 5.77. The Morgan fingerprint density at radius 2 is 1.91 bits per heavy atom. The molecule has 0 spiro atoms. The van der Waals surface area contributed by atoms with Gasteiger partial charge in [-0.15, -0.1) is 0 Å². The highest BCUT2D eigenvalue weighted by Crippen LogP contribution is 2.28. The van der Waals surface area contributed by atoms with Gasteiger partial charge in [0.15, 0.2) is 0 Å². The first kappa shape index (κ1) is 23.4. The molecule has 176 valence electrons. The Morgan fingerprint density at radius 1 is 1.12 bits per heavy atom. The van der Waals surface area contributed by atoms with Gasteiger partial charge in [-0.1, -0.05) is 24.3 Å². The molecule has 1 saturated heterocycles. The molecule has 2 amide bonds. The van der Waals surface area contributed by atoms with Gasteiger partial charge >= 0.3 is 0 Å². The summed E-state index contributed by atoms with van der Waals surface area (Å²) >= 11 is 0. The molecule has 8 heteroatoms. The minimum Gasteiger partial charge on any atom is -0.437 e. The zero-order valence-corrected chi connectivity index (χ0v) is 19.2. The molecule has 34 heavy (non-hydrogen) atoms. The van der Waals surface area contributed by atoms with Crippen LogP contribution in [0.5, 0.6) is 11.6 Å². The summed E-state index contributed by atoms with van der Waals surface area (Å²) in [4.78, 5) is 36.5. The zero-order valence-electron chi connectivity index (χ0n) is 19.2. The Hall–Kier alpha value is -3.81. The largest absolute Gasteiger partial charge is 0.437 e. The Kier molecular flexibility index (Phi) is 6.86. The van der Waals surface area contributed by atoms with Crippen molar-refractivity contribution in [3.05, 3.63) is 84.1 Å². The van der Waals surface area contributed by atoms with Gasteiger partial charge in [0.2, 0.25) is 11.8 Å². The summed E-state index contributed by atoms with van der Waals surface area (Å²) in [5.41, 5.74) is -0.231. The highest BCUT2D eigenvalue weighted by Gasteiger charge is 2.36. The maximum absolute atomic E-state index is 13.5. The molecule has 1 N–H and O–H groups in total. The van der Waals surface area contributed by atoms with E-state index in [1.165, 1.54) is 18.2 Å². The van der Waals surface area contributed by atoms with Crippen LogP contribution in [0.4, 0.5) is 4.39 Å². The topological polar surface area (TPSA) is 84.4 Å². The van der Waals surface area contributed by atoms with Crippen LogP contribution in [0.1, 0.15) is 48.7 Å². The van der Waals surface area contributed by atoms with E-state index in [9.17, 15) is 14.0 Å². The number of aromatic nitrogens is 2. The highest BCUT2D eigenvalue weighted by molar-refractivity contribution is 5.99. The number of para-hydroxylation sites is 1. The Balaban J connectivity index is 1.43. The molecule has 7 nitrogen and oxygen atoms in total. The maximum Gasteiger partial charge on any atom is 0.252 e. The monoisotopic (exact) mass is 462 g/mol. The standard InChI is InChI=1S/C26H27FN4O3/c1-26(2,30-24(32)18-8-6-10-20(27)14-18)25(33)31-13-7-9-19(17-31)22-15-28-16-23(29-22)34-21-11-4-3-5-12-21/h3-6,8,10-12,14-16,19H,7,9,13,17H2,1-2H3,(H,30,32)/t19-/m0/s1. The second-order valence-electron chi connectivity index (χ2n) is 8.88. The lowest BCUT2D eigenvalue weighted by Gasteiger charge is -2.37. The van der Waals surface area contributed by atoms with Crippen molar-refractivity contribution >= 4 is 11.8 Å². The van der Waals surface area contributed by atoms with E-state index in [2.05, 4.69) is 15.3 Å². The molecule has 1 aliphatic heterocycles. The molecular weight excluding hydrogens is 435 g/mol. The average Bonchev–Trinajstić information content (AvgIpc) is 2.84. The van der Waals surface area contributed by atoms with E-state index in [1.807, 2.05) is 30.3 Å². The van der Waals surface area contributed by atoms with Crippen molar-refractivity contribution in [1.29, 1.82) is 0 Å². The molecule has 1 fully saturated rings. The van der Waals surface area contributed by atoms with E-state index >= 15 is 0 Å². The van der Waals surface area contributed by atoms with Gasteiger partial charge in [0.25, 0.3) is 5.91 Å². The Morgan fingerprint density at radius 3 is 2.68 bits per heavy atom. The van der Waals surface area contributed by atoms with Gasteiger partial charge in [-0.25, -0.2) is 9.37 Å². The molecule has 1 aromatic heterocycles. The van der Waals surface area contributed by atoms with Crippen LogP contribution < -0.4 is 10.1 Å². The molecule has 0 radical (unpaired) electrons. The number of nitrogens with zero attached hydrogens (tertiary/aromatic N) is 3. The fourth-order valence-electron chi connectivity index (χ4n) is 4.06. The molecule has 2 aromatic carbocycles. The van der Waals surface area contributed by atoms with Crippen molar-refractivity contribution < 1.29 is 18.7 Å². The molecule has 1 aliphatic rings. The molecule has 0 unspecified atom stereocenters. The van der Waals surface area contributed by atoms with Crippen LogP contribution >= 0.6 is 0 Å². The predicted molar refractivity (Wildman–Crippen MR) is 125 cm³/mol. The summed E-state index contributed by atoms with van der Waals surface area (Å²) in [5, 5.41) is 2.74. The van der Waals surface area contributed by atoms with Crippen LogP contribution in [0.2, 0.25) is 0 Å². The minimum atomic E-state index is -1.16. The smallest absolute Gasteiger partial charge is 0.252 e. The number of nitrogens with one attached hydrogen (secondary N) is 1. The summed E-state index contributed by atoms with van der Waals surface area (Å²) in [6.45, 7) is 4.36. The van der Waals surface area contributed by atoms with Crippen molar-refractivity contribution in [2.24, 2.45) is 0 Å². The Bertz CT molecular complexity index is 1170. The third kappa shape index (κ3) is 5.57. The highest BCUT2D eigenvalue weighted by atomic mass is 19.1. The number of hydrogen-bond donors (Lipinski definition) is 1. The molecule has 0 aliphatic carbocycles. The number of hydrogen-bond acceptors (Lipinski definition) is 5. The molecule has 0 saturated carbocycles. The normalized spacial score (nSPS) is 16.1. The van der Waals surface area contributed by atoms with Crippen LogP contribution in [0.3, 0.4) is 0 Å². The number of likely N-dealkylation sites (tertiary alicyclic amines) is 1. The predicted octanol–water partition coefficient (Wildman–Crippen LogP) is 4.32. The van der Waals surface area contributed by atoms with Crippen LogP contribution in [-0.2, 0) is 4.79 Å². The number of rotatable bonds is 6. The van der Waals surface area contributed by atoms with Gasteiger partial charge in [-0.3, -0.25) is 14.6 Å². The first-order chi connectivity index (χ1) is 16.3. The van der Waals surface area contributed by atoms with Crippen molar-refractivity contribution in [3.8, 4) is 11.6 Å². The third-order valence-electron chi connectivity index (χ3n) is 5.77. The molecular formula is C26H27FN4O3. The second-order valence-corrected chi connectivity index (χ2v) is 8.88. The number of carbonyl (C=O) groups is 2. The first-order valence-electron chi connectivity index (χ1n) is 11.2. The van der Waals surface area contributed by atoms with Gasteiger partial charge in [-0.05, 0) is 57.0 Å². The van der Waals surface area contributed by atoms with Crippen molar-refractivity contribution in [3.63, 3.8) is 0 Å².